The Morgan fingerprint density at radius 1 is 1.50 bits per heavy atom. The number of para-hydroxylation sites is 1. The molecule has 0 fully saturated rings. The van der Waals surface area contributed by atoms with Crippen LogP contribution in [0.5, 0.6) is 0 Å². The van der Waals surface area contributed by atoms with Crippen molar-refractivity contribution < 1.29 is 9.90 Å². The molecule has 2 rings (SSSR count). The topological polar surface area (TPSA) is 65.1 Å². The van der Waals surface area contributed by atoms with Crippen LogP contribution in [0.15, 0.2) is 30.5 Å². The van der Waals surface area contributed by atoms with E-state index >= 15 is 0 Å². The van der Waals surface area contributed by atoms with Gasteiger partial charge in [-0.3, -0.25) is 4.79 Å². The van der Waals surface area contributed by atoms with Crippen LogP contribution in [0.25, 0.3) is 10.9 Å². The number of fused-ring (bicyclic) bond motifs is 1. The van der Waals surface area contributed by atoms with E-state index in [1.54, 1.807) is 0 Å². The molecule has 2 aromatic rings. The first kappa shape index (κ1) is 11.0. The number of aromatic nitrogens is 1. The summed E-state index contributed by atoms with van der Waals surface area (Å²) in [5.74, 6) is -0.958. The second-order valence-electron chi connectivity index (χ2n) is 3.56. The summed E-state index contributed by atoms with van der Waals surface area (Å²) in [7, 11) is 0. The van der Waals surface area contributed by atoms with Crippen molar-refractivity contribution in [3.8, 4) is 0 Å². The number of benzene rings is 1. The van der Waals surface area contributed by atoms with E-state index in [9.17, 15) is 4.79 Å². The number of carboxylic acid groups (broad SMARTS) is 1. The van der Waals surface area contributed by atoms with Crippen LogP contribution < -0.4 is 4.84 Å². The van der Waals surface area contributed by atoms with Crippen LogP contribution in [-0.4, -0.2) is 22.1 Å². The van der Waals surface area contributed by atoms with Crippen LogP contribution in [0.3, 0.4) is 0 Å². The largest absolute Gasteiger partial charge is 0.480 e. The van der Waals surface area contributed by atoms with E-state index in [2.05, 4.69) is 9.82 Å². The second kappa shape index (κ2) is 4.55. The van der Waals surface area contributed by atoms with Gasteiger partial charge in [0.25, 0.3) is 0 Å². The van der Waals surface area contributed by atoms with Crippen LogP contribution in [0.2, 0.25) is 0 Å². The van der Waals surface area contributed by atoms with E-state index in [1.165, 1.54) is 0 Å². The Hall–Kier alpha value is -1.52. The lowest BCUT2D eigenvalue weighted by atomic mass is 10.1. The first-order valence-electron chi connectivity index (χ1n) is 4.86. The van der Waals surface area contributed by atoms with Crippen molar-refractivity contribution in [2.24, 2.45) is 0 Å². The summed E-state index contributed by atoms with van der Waals surface area (Å²) in [4.78, 5) is 16.2. The third kappa shape index (κ3) is 2.03. The van der Waals surface area contributed by atoms with Gasteiger partial charge in [-0.05, 0) is 23.4 Å². The molecule has 0 saturated heterocycles. The number of carboxylic acids is 1. The monoisotopic (exact) mass is 238 g/mol. The minimum absolute atomic E-state index is 0.350. The molecule has 3 N–H and O–H groups in total. The summed E-state index contributed by atoms with van der Waals surface area (Å²) < 4.78 is 0. The molecule has 1 heterocycles. The molecule has 0 spiro atoms. The zero-order valence-electron chi connectivity index (χ0n) is 8.40. The molecule has 0 radical (unpaired) electrons. The van der Waals surface area contributed by atoms with Gasteiger partial charge in [0.2, 0.25) is 0 Å². The summed E-state index contributed by atoms with van der Waals surface area (Å²) in [6, 6.07) is 6.97. The lowest BCUT2D eigenvalue weighted by molar-refractivity contribution is -0.138. The molecule has 0 unspecified atom stereocenters. The Morgan fingerprint density at radius 3 is 2.94 bits per heavy atom. The molecule has 4 nitrogen and oxygen atoms in total. The Bertz CT molecular complexity index is 509. The highest BCUT2D eigenvalue weighted by Gasteiger charge is 2.18. The number of nitrogens with one attached hydrogen (secondary N) is 2. The summed E-state index contributed by atoms with van der Waals surface area (Å²) in [6.45, 7) is 0. The molecule has 1 aromatic carbocycles. The van der Waals surface area contributed by atoms with E-state index < -0.39 is 12.0 Å². The normalized spacial score (nSPS) is 12.8. The van der Waals surface area contributed by atoms with Gasteiger partial charge in [0.15, 0.2) is 0 Å². The van der Waals surface area contributed by atoms with Gasteiger partial charge in [0, 0.05) is 23.5 Å². The predicted octanol–water partition coefficient (Wildman–Crippen LogP) is 1.91. The average Bonchev–Trinajstić information content (AvgIpc) is 2.69. The first-order valence-corrected chi connectivity index (χ1v) is 5.24. The van der Waals surface area contributed by atoms with Crippen LogP contribution in [-0.2, 0) is 11.2 Å². The summed E-state index contributed by atoms with van der Waals surface area (Å²) in [5, 5.41) is 9.92. The van der Waals surface area contributed by atoms with Crippen molar-refractivity contribution in [2.75, 3.05) is 0 Å². The van der Waals surface area contributed by atoms with E-state index in [0.29, 0.717) is 6.42 Å². The SMILES string of the molecule is O=C(O)[C@@H](Cc1c[nH]c2ccccc12)NCl. The maximum Gasteiger partial charge on any atom is 0.322 e. The maximum atomic E-state index is 10.8. The molecule has 84 valence electrons. The van der Waals surface area contributed by atoms with Crippen molar-refractivity contribution in [2.45, 2.75) is 12.5 Å². The minimum Gasteiger partial charge on any atom is -0.480 e. The molecular formula is C11H11ClN2O2. The van der Waals surface area contributed by atoms with Gasteiger partial charge in [-0.25, -0.2) is 4.84 Å². The van der Waals surface area contributed by atoms with E-state index in [0.717, 1.165) is 16.5 Å². The Balaban J connectivity index is 2.30. The third-order valence-corrected chi connectivity index (χ3v) is 2.79. The van der Waals surface area contributed by atoms with Crippen LogP contribution in [0, 0.1) is 0 Å². The van der Waals surface area contributed by atoms with E-state index in [-0.39, 0.29) is 0 Å². The molecule has 16 heavy (non-hydrogen) atoms. The highest BCUT2D eigenvalue weighted by Crippen LogP contribution is 2.19. The number of H-pyrrole nitrogens is 1. The van der Waals surface area contributed by atoms with Crippen molar-refractivity contribution in [1.82, 2.24) is 9.82 Å². The fraction of sp³-hybridized carbons (Fsp3) is 0.182. The minimum atomic E-state index is -0.958. The molecule has 0 bridgehead atoms. The predicted molar refractivity (Wildman–Crippen MR) is 62.4 cm³/mol. The van der Waals surface area contributed by atoms with Crippen LogP contribution >= 0.6 is 11.8 Å². The maximum absolute atomic E-state index is 10.8. The number of carbonyl (C=O) groups is 1. The van der Waals surface area contributed by atoms with Gasteiger partial charge < -0.3 is 10.1 Å². The molecule has 0 amide bonds. The fourth-order valence-corrected chi connectivity index (χ4v) is 1.86. The molecule has 1 aromatic heterocycles. The lowest BCUT2D eigenvalue weighted by Gasteiger charge is -2.08. The number of aromatic amines is 1. The van der Waals surface area contributed by atoms with Gasteiger partial charge in [-0.2, -0.15) is 0 Å². The highest BCUT2D eigenvalue weighted by atomic mass is 35.5. The number of aliphatic carboxylic acids is 1. The molecule has 1 atom stereocenters. The zero-order valence-corrected chi connectivity index (χ0v) is 9.16. The number of hydrogen-bond donors (Lipinski definition) is 3. The summed E-state index contributed by atoms with van der Waals surface area (Å²) in [6.07, 6.45) is 2.16. The van der Waals surface area contributed by atoms with Crippen LogP contribution in [0.1, 0.15) is 5.56 Å². The fourth-order valence-electron chi connectivity index (χ4n) is 1.69. The Labute approximate surface area is 97.3 Å². The van der Waals surface area contributed by atoms with Crippen molar-refractivity contribution in [3.05, 3.63) is 36.0 Å². The standard InChI is InChI=1S/C11H11ClN2O2/c12-14-10(11(15)16)5-7-6-13-9-4-2-1-3-8(7)9/h1-4,6,10,13-14H,5H2,(H,15,16)/t10-/m1/s1. The van der Waals surface area contributed by atoms with Gasteiger partial charge in [0.05, 0.1) is 0 Å². The second-order valence-corrected chi connectivity index (χ2v) is 3.78. The third-order valence-electron chi connectivity index (χ3n) is 2.53. The molecule has 5 heteroatoms. The molecule has 0 aliphatic heterocycles. The Kier molecular flexibility index (Phi) is 3.12. The molecular weight excluding hydrogens is 228 g/mol. The smallest absolute Gasteiger partial charge is 0.322 e. The highest BCUT2D eigenvalue weighted by molar-refractivity contribution is 6.14. The Morgan fingerprint density at radius 2 is 2.25 bits per heavy atom. The van der Waals surface area contributed by atoms with Crippen molar-refractivity contribution in [3.63, 3.8) is 0 Å². The summed E-state index contributed by atoms with van der Waals surface area (Å²) in [5.41, 5.74) is 1.94. The van der Waals surface area contributed by atoms with Gasteiger partial charge in [-0.1, -0.05) is 18.2 Å². The van der Waals surface area contributed by atoms with Gasteiger partial charge >= 0.3 is 5.97 Å². The number of halogens is 1. The molecule has 0 aliphatic rings. The van der Waals surface area contributed by atoms with Gasteiger partial charge in [0.1, 0.15) is 6.04 Å². The van der Waals surface area contributed by atoms with E-state index in [4.69, 9.17) is 16.9 Å². The number of rotatable bonds is 4. The average molecular weight is 239 g/mol. The van der Waals surface area contributed by atoms with Crippen LogP contribution in [0.4, 0.5) is 0 Å². The molecule has 0 aliphatic carbocycles. The van der Waals surface area contributed by atoms with Crippen molar-refractivity contribution in [1.29, 1.82) is 0 Å². The van der Waals surface area contributed by atoms with E-state index in [1.807, 2.05) is 30.5 Å². The lowest BCUT2D eigenvalue weighted by Crippen LogP contribution is -2.32. The first-order chi connectivity index (χ1) is 7.72. The summed E-state index contributed by atoms with van der Waals surface area (Å²) >= 11 is 5.39. The zero-order chi connectivity index (χ0) is 11.5. The molecule has 0 saturated carbocycles. The van der Waals surface area contributed by atoms with Crippen molar-refractivity contribution >= 4 is 28.6 Å². The van der Waals surface area contributed by atoms with Gasteiger partial charge in [-0.15, -0.1) is 0 Å². The quantitative estimate of drug-likeness (QED) is 0.713. The number of hydrogen-bond acceptors (Lipinski definition) is 2.